The molecule has 7 heteroatoms. The van der Waals surface area contributed by atoms with Crippen molar-refractivity contribution in [2.24, 2.45) is 0 Å². The number of nitrogens with zero attached hydrogens (tertiary/aromatic N) is 5. The Morgan fingerprint density at radius 2 is 2.24 bits per heavy atom. The Morgan fingerprint density at radius 3 is 3.04 bits per heavy atom. The highest BCUT2D eigenvalue weighted by Gasteiger charge is 2.30. The molecule has 1 amide bonds. The van der Waals surface area contributed by atoms with Gasteiger partial charge in [0.25, 0.3) is 5.91 Å². The molecular formula is C18H18N6O. The molecule has 0 radical (unpaired) electrons. The highest BCUT2D eigenvalue weighted by atomic mass is 16.2. The van der Waals surface area contributed by atoms with Crippen LogP contribution in [0, 0.1) is 6.92 Å². The number of hydrogen-bond donors (Lipinski definition) is 1. The van der Waals surface area contributed by atoms with E-state index in [2.05, 4.69) is 25.1 Å². The van der Waals surface area contributed by atoms with Gasteiger partial charge in [0.15, 0.2) is 0 Å². The Labute approximate surface area is 145 Å². The first-order valence-electron chi connectivity index (χ1n) is 8.25. The van der Waals surface area contributed by atoms with Gasteiger partial charge in [0.05, 0.1) is 5.69 Å². The largest absolute Gasteiger partial charge is 0.337 e. The van der Waals surface area contributed by atoms with Gasteiger partial charge in [-0.25, -0.2) is 9.97 Å². The molecule has 0 bridgehead atoms. The SMILES string of the molecule is Cc1ccnc([C@H]2CCN(C(=O)c3cc(-c4cccnc4)n[nH]3)C2)n1. The summed E-state index contributed by atoms with van der Waals surface area (Å²) < 4.78 is 0. The molecule has 1 aliphatic rings. The van der Waals surface area contributed by atoms with E-state index >= 15 is 0 Å². The van der Waals surface area contributed by atoms with Gasteiger partial charge < -0.3 is 4.90 Å². The summed E-state index contributed by atoms with van der Waals surface area (Å²) in [5.41, 5.74) is 3.04. The fourth-order valence-electron chi connectivity index (χ4n) is 3.08. The molecule has 4 rings (SSSR count). The molecule has 25 heavy (non-hydrogen) atoms. The molecule has 7 nitrogen and oxygen atoms in total. The molecule has 1 fully saturated rings. The van der Waals surface area contributed by atoms with E-state index < -0.39 is 0 Å². The van der Waals surface area contributed by atoms with E-state index in [-0.39, 0.29) is 11.8 Å². The van der Waals surface area contributed by atoms with Gasteiger partial charge in [-0.2, -0.15) is 5.10 Å². The molecule has 1 atom stereocenters. The van der Waals surface area contributed by atoms with Gasteiger partial charge in [0.2, 0.25) is 0 Å². The van der Waals surface area contributed by atoms with Crippen LogP contribution in [0.4, 0.5) is 0 Å². The third-order valence-corrected chi connectivity index (χ3v) is 4.42. The third-order valence-electron chi connectivity index (χ3n) is 4.42. The average molecular weight is 334 g/mol. The molecule has 1 saturated heterocycles. The highest BCUT2D eigenvalue weighted by molar-refractivity contribution is 5.93. The minimum Gasteiger partial charge on any atom is -0.337 e. The predicted octanol–water partition coefficient (Wildman–Crippen LogP) is 2.20. The highest BCUT2D eigenvalue weighted by Crippen LogP contribution is 2.26. The van der Waals surface area contributed by atoms with Crippen molar-refractivity contribution < 1.29 is 4.79 Å². The van der Waals surface area contributed by atoms with Gasteiger partial charge in [0, 0.05) is 48.9 Å². The summed E-state index contributed by atoms with van der Waals surface area (Å²) in [5, 5.41) is 7.07. The maximum atomic E-state index is 12.7. The Balaban J connectivity index is 1.48. The lowest BCUT2D eigenvalue weighted by Crippen LogP contribution is -2.29. The molecule has 126 valence electrons. The van der Waals surface area contributed by atoms with E-state index in [1.54, 1.807) is 24.7 Å². The maximum absolute atomic E-state index is 12.7. The van der Waals surface area contributed by atoms with Crippen molar-refractivity contribution in [2.45, 2.75) is 19.3 Å². The lowest BCUT2D eigenvalue weighted by molar-refractivity contribution is 0.0784. The molecule has 3 aromatic rings. The second kappa shape index (κ2) is 6.43. The molecule has 1 aliphatic heterocycles. The average Bonchev–Trinajstić information content (AvgIpc) is 3.32. The van der Waals surface area contributed by atoms with Crippen LogP contribution < -0.4 is 0 Å². The maximum Gasteiger partial charge on any atom is 0.271 e. The van der Waals surface area contributed by atoms with Crippen LogP contribution in [0.15, 0.2) is 42.9 Å². The molecule has 0 aromatic carbocycles. The number of hydrogen-bond acceptors (Lipinski definition) is 5. The van der Waals surface area contributed by atoms with Gasteiger partial charge in [-0.15, -0.1) is 0 Å². The molecule has 0 saturated carbocycles. The number of aromatic nitrogens is 5. The van der Waals surface area contributed by atoms with Crippen molar-refractivity contribution in [3.05, 3.63) is 60.1 Å². The fraction of sp³-hybridized carbons (Fsp3) is 0.278. The van der Waals surface area contributed by atoms with Gasteiger partial charge in [-0.3, -0.25) is 14.9 Å². The van der Waals surface area contributed by atoms with Crippen LogP contribution in [0.2, 0.25) is 0 Å². The summed E-state index contributed by atoms with van der Waals surface area (Å²) in [6.07, 6.45) is 6.08. The van der Waals surface area contributed by atoms with Crippen molar-refractivity contribution in [1.82, 2.24) is 30.0 Å². The molecule has 0 aliphatic carbocycles. The van der Waals surface area contributed by atoms with Crippen LogP contribution in [-0.2, 0) is 0 Å². The van der Waals surface area contributed by atoms with Crippen molar-refractivity contribution >= 4 is 5.91 Å². The smallest absolute Gasteiger partial charge is 0.271 e. The number of carbonyl (C=O) groups is 1. The second-order valence-electron chi connectivity index (χ2n) is 6.20. The summed E-state index contributed by atoms with van der Waals surface area (Å²) in [5.74, 6) is 0.957. The lowest BCUT2D eigenvalue weighted by atomic mass is 10.1. The number of carbonyl (C=O) groups excluding carboxylic acids is 1. The van der Waals surface area contributed by atoms with Crippen molar-refractivity contribution in [3.63, 3.8) is 0 Å². The van der Waals surface area contributed by atoms with Gasteiger partial charge in [-0.05, 0) is 37.6 Å². The van der Waals surface area contributed by atoms with E-state index in [9.17, 15) is 4.79 Å². The van der Waals surface area contributed by atoms with Crippen LogP contribution in [-0.4, -0.2) is 49.0 Å². The summed E-state index contributed by atoms with van der Waals surface area (Å²) >= 11 is 0. The normalized spacial score (nSPS) is 17.0. The monoisotopic (exact) mass is 334 g/mol. The van der Waals surface area contributed by atoms with Crippen molar-refractivity contribution in [1.29, 1.82) is 0 Å². The molecule has 0 unspecified atom stereocenters. The van der Waals surface area contributed by atoms with Gasteiger partial charge in [0.1, 0.15) is 11.5 Å². The van der Waals surface area contributed by atoms with E-state index in [0.717, 1.165) is 23.5 Å². The van der Waals surface area contributed by atoms with E-state index in [1.807, 2.05) is 30.0 Å². The van der Waals surface area contributed by atoms with Crippen LogP contribution >= 0.6 is 0 Å². The first-order chi connectivity index (χ1) is 12.2. The minimum atomic E-state index is -0.0437. The summed E-state index contributed by atoms with van der Waals surface area (Å²) in [6.45, 7) is 3.28. The Hall–Kier alpha value is -3.09. The number of amides is 1. The van der Waals surface area contributed by atoms with Gasteiger partial charge in [-0.1, -0.05) is 0 Å². The van der Waals surface area contributed by atoms with Crippen LogP contribution in [0.3, 0.4) is 0 Å². The number of rotatable bonds is 3. The van der Waals surface area contributed by atoms with E-state index in [1.165, 1.54) is 0 Å². The van der Waals surface area contributed by atoms with Crippen LogP contribution in [0.5, 0.6) is 0 Å². The number of aryl methyl sites for hydroxylation is 1. The quantitative estimate of drug-likeness (QED) is 0.793. The molecule has 0 spiro atoms. The first kappa shape index (κ1) is 15.4. The number of likely N-dealkylation sites (tertiary alicyclic amines) is 1. The van der Waals surface area contributed by atoms with Crippen LogP contribution in [0.25, 0.3) is 11.3 Å². The molecule has 4 heterocycles. The number of H-pyrrole nitrogens is 1. The van der Waals surface area contributed by atoms with Crippen molar-refractivity contribution in [3.8, 4) is 11.3 Å². The van der Waals surface area contributed by atoms with E-state index in [4.69, 9.17) is 0 Å². The summed E-state index contributed by atoms with van der Waals surface area (Å²) in [7, 11) is 0. The lowest BCUT2D eigenvalue weighted by Gasteiger charge is -2.15. The Morgan fingerprint density at radius 1 is 1.32 bits per heavy atom. The van der Waals surface area contributed by atoms with E-state index in [0.29, 0.717) is 24.5 Å². The fourth-order valence-corrected chi connectivity index (χ4v) is 3.08. The zero-order chi connectivity index (χ0) is 17.2. The third kappa shape index (κ3) is 3.13. The zero-order valence-corrected chi connectivity index (χ0v) is 13.9. The Kier molecular flexibility index (Phi) is 3.97. The second-order valence-corrected chi connectivity index (χ2v) is 6.20. The van der Waals surface area contributed by atoms with Crippen molar-refractivity contribution in [2.75, 3.05) is 13.1 Å². The predicted molar refractivity (Wildman–Crippen MR) is 91.8 cm³/mol. The van der Waals surface area contributed by atoms with Gasteiger partial charge >= 0.3 is 0 Å². The number of aromatic amines is 1. The minimum absolute atomic E-state index is 0.0437. The number of nitrogens with one attached hydrogen (secondary N) is 1. The molecular weight excluding hydrogens is 316 g/mol. The zero-order valence-electron chi connectivity index (χ0n) is 13.9. The number of pyridine rings is 1. The molecule has 1 N–H and O–H groups in total. The Bertz CT molecular complexity index is 891. The van der Waals surface area contributed by atoms with Crippen LogP contribution in [0.1, 0.15) is 34.3 Å². The standard InChI is InChI=1S/C18H18N6O/c1-12-4-7-20-17(21-12)14-5-8-24(11-14)18(25)16-9-15(22-23-16)13-3-2-6-19-10-13/h2-4,6-7,9-10,14H,5,8,11H2,1H3,(H,22,23)/t14-/m0/s1. The topological polar surface area (TPSA) is 87.7 Å². The molecule has 3 aromatic heterocycles. The first-order valence-corrected chi connectivity index (χ1v) is 8.25. The summed E-state index contributed by atoms with van der Waals surface area (Å²) in [4.78, 5) is 27.5. The summed E-state index contributed by atoms with van der Waals surface area (Å²) in [6, 6.07) is 7.42.